The van der Waals surface area contributed by atoms with Crippen LogP contribution >= 0.6 is 0 Å². The Kier molecular flexibility index (Phi) is 6.66. The van der Waals surface area contributed by atoms with Crippen LogP contribution in [0.4, 0.5) is 4.39 Å². The maximum Gasteiger partial charge on any atom is 0.358 e. The Morgan fingerprint density at radius 3 is 2.42 bits per heavy atom. The van der Waals surface area contributed by atoms with Gasteiger partial charge in [-0.05, 0) is 36.6 Å². The van der Waals surface area contributed by atoms with Crippen molar-refractivity contribution < 1.29 is 28.6 Å². The Hall–Kier alpha value is -2.96. The van der Waals surface area contributed by atoms with Gasteiger partial charge < -0.3 is 14.6 Å². The number of carboxylic acids is 1. The number of hydrogen-bond acceptors (Lipinski definition) is 5. The average Bonchev–Trinajstić information content (AvgIpc) is 2.65. The Labute approximate surface area is 150 Å². The highest BCUT2D eigenvalue weighted by molar-refractivity contribution is 5.93. The number of benzene rings is 1. The number of carbonyl (C=O) groups excluding carboxylic acids is 1. The van der Waals surface area contributed by atoms with Gasteiger partial charge in [-0.25, -0.2) is 19.0 Å². The van der Waals surface area contributed by atoms with E-state index < -0.39 is 11.9 Å². The van der Waals surface area contributed by atoms with Crippen LogP contribution < -0.4 is 4.74 Å². The molecule has 26 heavy (non-hydrogen) atoms. The average molecular weight is 361 g/mol. The van der Waals surface area contributed by atoms with Gasteiger partial charge in [-0.3, -0.25) is 0 Å². The van der Waals surface area contributed by atoms with Crippen LogP contribution in [0.25, 0.3) is 0 Å². The van der Waals surface area contributed by atoms with E-state index in [-0.39, 0.29) is 35.5 Å². The third-order valence-corrected chi connectivity index (χ3v) is 3.78. The Bertz CT molecular complexity index is 772. The van der Waals surface area contributed by atoms with Crippen LogP contribution in [-0.2, 0) is 11.3 Å². The first kappa shape index (κ1) is 19.4. The molecule has 1 aromatic heterocycles. The number of nitrogens with zero attached hydrogens (tertiary/aromatic N) is 1. The number of esters is 1. The van der Waals surface area contributed by atoms with Crippen molar-refractivity contribution in [1.29, 1.82) is 0 Å². The second-order valence-corrected chi connectivity index (χ2v) is 5.63. The molecule has 0 aliphatic carbocycles. The normalized spacial score (nSPS) is 10.6. The fourth-order valence-corrected chi connectivity index (χ4v) is 2.24. The van der Waals surface area contributed by atoms with Crippen molar-refractivity contribution >= 4 is 11.9 Å². The fourth-order valence-electron chi connectivity index (χ4n) is 2.24. The monoisotopic (exact) mass is 361 g/mol. The number of ether oxygens (including phenoxy) is 2. The quantitative estimate of drug-likeness (QED) is 0.719. The molecule has 7 heteroatoms. The minimum Gasteiger partial charge on any atom is -0.486 e. The summed E-state index contributed by atoms with van der Waals surface area (Å²) in [6.45, 7) is 3.82. The van der Waals surface area contributed by atoms with Gasteiger partial charge in [0.15, 0.2) is 11.4 Å². The summed E-state index contributed by atoms with van der Waals surface area (Å²) in [5.41, 5.74) is 0.440. The molecule has 0 unspecified atom stereocenters. The van der Waals surface area contributed by atoms with Crippen molar-refractivity contribution in [3.63, 3.8) is 0 Å². The first-order valence-corrected chi connectivity index (χ1v) is 8.26. The number of pyridine rings is 1. The van der Waals surface area contributed by atoms with Gasteiger partial charge in [-0.15, -0.1) is 0 Å². The predicted molar refractivity (Wildman–Crippen MR) is 91.7 cm³/mol. The lowest BCUT2D eigenvalue weighted by atomic mass is 10.2. The molecular formula is C19H20FNO5. The maximum absolute atomic E-state index is 12.9. The van der Waals surface area contributed by atoms with E-state index in [0.717, 1.165) is 6.20 Å². The summed E-state index contributed by atoms with van der Waals surface area (Å²) in [6, 6.07) is 6.89. The van der Waals surface area contributed by atoms with Crippen LogP contribution in [-0.4, -0.2) is 28.1 Å². The van der Waals surface area contributed by atoms with E-state index in [9.17, 15) is 19.1 Å². The predicted octanol–water partition coefficient (Wildman–Crippen LogP) is 3.84. The summed E-state index contributed by atoms with van der Waals surface area (Å²) in [7, 11) is 0. The molecule has 2 aromatic rings. The SMILES string of the molecule is CCC(CC)OC(=O)c1cnc(C(=O)O)c(OCc2ccc(F)cc2)c1. The molecule has 1 heterocycles. The fraction of sp³-hybridized carbons (Fsp3) is 0.316. The molecule has 1 N–H and O–H groups in total. The zero-order valence-electron chi connectivity index (χ0n) is 14.6. The Morgan fingerprint density at radius 2 is 1.85 bits per heavy atom. The second kappa shape index (κ2) is 8.94. The number of hydrogen-bond donors (Lipinski definition) is 1. The standard InChI is InChI=1S/C19H20FNO5/c1-3-15(4-2)26-19(24)13-9-16(17(18(22)23)21-10-13)25-11-12-5-7-14(20)8-6-12/h5-10,15H,3-4,11H2,1-2H3,(H,22,23). The van der Waals surface area contributed by atoms with E-state index in [1.807, 2.05) is 13.8 Å². The zero-order valence-corrected chi connectivity index (χ0v) is 14.6. The lowest BCUT2D eigenvalue weighted by Crippen LogP contribution is -2.17. The van der Waals surface area contributed by atoms with Gasteiger partial charge in [-0.1, -0.05) is 26.0 Å². The van der Waals surface area contributed by atoms with Gasteiger partial charge in [0.25, 0.3) is 0 Å². The van der Waals surface area contributed by atoms with Crippen molar-refractivity contribution in [2.75, 3.05) is 0 Å². The molecular weight excluding hydrogens is 341 g/mol. The van der Waals surface area contributed by atoms with E-state index in [0.29, 0.717) is 18.4 Å². The first-order valence-electron chi connectivity index (χ1n) is 8.26. The number of carboxylic acid groups (broad SMARTS) is 1. The minimum absolute atomic E-state index is 0.00723. The third-order valence-electron chi connectivity index (χ3n) is 3.78. The van der Waals surface area contributed by atoms with Crippen LogP contribution in [0.3, 0.4) is 0 Å². The smallest absolute Gasteiger partial charge is 0.358 e. The second-order valence-electron chi connectivity index (χ2n) is 5.63. The molecule has 0 atom stereocenters. The van der Waals surface area contributed by atoms with Gasteiger partial charge in [0.1, 0.15) is 18.5 Å². The van der Waals surface area contributed by atoms with Gasteiger partial charge in [0.05, 0.1) is 5.56 Å². The molecule has 0 amide bonds. The number of aromatic nitrogens is 1. The molecule has 0 aliphatic rings. The van der Waals surface area contributed by atoms with Crippen LogP contribution in [0.1, 0.15) is 53.1 Å². The van der Waals surface area contributed by atoms with Crippen LogP contribution in [0.2, 0.25) is 0 Å². The van der Waals surface area contributed by atoms with E-state index in [1.54, 1.807) is 0 Å². The highest BCUT2D eigenvalue weighted by atomic mass is 19.1. The lowest BCUT2D eigenvalue weighted by molar-refractivity contribution is 0.0282. The van der Waals surface area contributed by atoms with Crippen molar-refractivity contribution in [3.8, 4) is 5.75 Å². The highest BCUT2D eigenvalue weighted by Gasteiger charge is 2.19. The molecule has 0 saturated heterocycles. The molecule has 0 spiro atoms. The first-order chi connectivity index (χ1) is 12.4. The number of rotatable bonds is 8. The summed E-state index contributed by atoms with van der Waals surface area (Å²) < 4.78 is 23.8. The Balaban J connectivity index is 2.20. The molecule has 0 saturated carbocycles. The van der Waals surface area contributed by atoms with Crippen molar-refractivity contribution in [3.05, 3.63) is 59.2 Å². The van der Waals surface area contributed by atoms with Crippen molar-refractivity contribution in [2.45, 2.75) is 39.4 Å². The highest BCUT2D eigenvalue weighted by Crippen LogP contribution is 2.21. The molecule has 0 fully saturated rings. The molecule has 0 aliphatic heterocycles. The number of aromatic carboxylic acids is 1. The summed E-state index contributed by atoms with van der Waals surface area (Å²) >= 11 is 0. The van der Waals surface area contributed by atoms with Crippen molar-refractivity contribution in [2.24, 2.45) is 0 Å². The summed E-state index contributed by atoms with van der Waals surface area (Å²) in [5, 5.41) is 9.24. The number of carbonyl (C=O) groups is 2. The van der Waals surface area contributed by atoms with Crippen LogP contribution in [0, 0.1) is 5.82 Å². The summed E-state index contributed by atoms with van der Waals surface area (Å²) in [6.07, 6.45) is 2.29. The van der Waals surface area contributed by atoms with Crippen LogP contribution in [0.5, 0.6) is 5.75 Å². The molecule has 0 bridgehead atoms. The summed E-state index contributed by atoms with van der Waals surface area (Å²) in [4.78, 5) is 27.3. The van der Waals surface area contributed by atoms with E-state index in [2.05, 4.69) is 4.98 Å². The molecule has 1 aromatic carbocycles. The Morgan fingerprint density at radius 1 is 1.19 bits per heavy atom. The van der Waals surface area contributed by atoms with E-state index in [1.165, 1.54) is 30.3 Å². The number of halogens is 1. The molecule has 6 nitrogen and oxygen atoms in total. The van der Waals surface area contributed by atoms with Crippen LogP contribution in [0.15, 0.2) is 36.5 Å². The largest absolute Gasteiger partial charge is 0.486 e. The van der Waals surface area contributed by atoms with Gasteiger partial charge in [0, 0.05) is 6.20 Å². The topological polar surface area (TPSA) is 85.7 Å². The zero-order chi connectivity index (χ0) is 19.1. The van der Waals surface area contributed by atoms with E-state index >= 15 is 0 Å². The maximum atomic E-state index is 12.9. The third kappa shape index (κ3) is 5.02. The lowest BCUT2D eigenvalue weighted by Gasteiger charge is -2.15. The van der Waals surface area contributed by atoms with Gasteiger partial charge in [-0.2, -0.15) is 0 Å². The minimum atomic E-state index is -1.28. The molecule has 0 radical (unpaired) electrons. The van der Waals surface area contributed by atoms with Gasteiger partial charge in [0.2, 0.25) is 0 Å². The van der Waals surface area contributed by atoms with Gasteiger partial charge >= 0.3 is 11.9 Å². The molecule has 138 valence electrons. The molecule has 2 rings (SSSR count). The summed E-state index contributed by atoms with van der Waals surface area (Å²) in [5.74, 6) is -2.30. The van der Waals surface area contributed by atoms with E-state index in [4.69, 9.17) is 9.47 Å². The van der Waals surface area contributed by atoms with Crippen molar-refractivity contribution in [1.82, 2.24) is 4.98 Å².